The first-order valence-corrected chi connectivity index (χ1v) is 12.8. The van der Waals surface area contributed by atoms with Crippen molar-refractivity contribution in [1.29, 1.82) is 0 Å². The normalized spacial score (nSPS) is 22.1. The summed E-state index contributed by atoms with van der Waals surface area (Å²) in [6, 6.07) is 7.37. The molecule has 1 aliphatic heterocycles. The molecular formula is C26H33NO6S. The van der Waals surface area contributed by atoms with Gasteiger partial charge in [-0.1, -0.05) is 26.0 Å². The smallest absolute Gasteiger partial charge is 0.336 e. The highest BCUT2D eigenvalue weighted by Crippen LogP contribution is 2.45. The Balaban J connectivity index is 2.06. The van der Waals surface area contributed by atoms with Crippen LogP contribution in [0.15, 0.2) is 46.8 Å². The average Bonchev–Trinajstić information content (AvgIpc) is 2.81. The summed E-state index contributed by atoms with van der Waals surface area (Å²) < 4.78 is 16.1. The van der Waals surface area contributed by atoms with Crippen molar-refractivity contribution >= 4 is 29.5 Å². The van der Waals surface area contributed by atoms with Gasteiger partial charge in [0.15, 0.2) is 5.78 Å². The number of hydrogen-bond acceptors (Lipinski definition) is 8. The first-order chi connectivity index (χ1) is 16.3. The van der Waals surface area contributed by atoms with Crippen LogP contribution in [0.25, 0.3) is 0 Å². The zero-order valence-electron chi connectivity index (χ0n) is 20.4. The number of thioether (sulfide) groups is 1. The van der Waals surface area contributed by atoms with Gasteiger partial charge in [0.1, 0.15) is 18.3 Å². The zero-order chi connectivity index (χ0) is 24.8. The van der Waals surface area contributed by atoms with Crippen molar-refractivity contribution in [1.82, 2.24) is 5.32 Å². The quantitative estimate of drug-likeness (QED) is 0.318. The summed E-state index contributed by atoms with van der Waals surface area (Å²) in [6.07, 6.45) is 0.501. The number of carbonyl (C=O) groups is 3. The minimum Gasteiger partial charge on any atom is -0.494 e. The van der Waals surface area contributed by atoms with E-state index in [0.29, 0.717) is 41.4 Å². The van der Waals surface area contributed by atoms with Gasteiger partial charge in [-0.25, -0.2) is 4.79 Å². The number of esters is 2. The molecule has 0 saturated heterocycles. The number of nitrogens with one attached hydrogen (secondary N) is 1. The second-order valence-corrected chi connectivity index (χ2v) is 9.76. The standard InChI is InChI=1S/C26H33NO6S/c1-6-32-18-10-8-17(9-11-18)22-21(26(30)33-12-13-34-7-2)16(4)27-19-14-15(3)20(25(29)31-5)24(28)23(19)22/h8-11,15,20,22,27H,6-7,12-14H2,1-5H3. The van der Waals surface area contributed by atoms with Crippen LogP contribution in [0.2, 0.25) is 0 Å². The van der Waals surface area contributed by atoms with Crippen molar-refractivity contribution < 1.29 is 28.6 Å². The molecule has 3 rings (SSSR count). The molecule has 1 aromatic carbocycles. The Morgan fingerprint density at radius 1 is 1.18 bits per heavy atom. The van der Waals surface area contributed by atoms with E-state index in [-0.39, 0.29) is 18.3 Å². The third-order valence-corrected chi connectivity index (χ3v) is 7.02. The van der Waals surface area contributed by atoms with Crippen molar-refractivity contribution in [3.05, 3.63) is 52.4 Å². The molecule has 7 nitrogen and oxygen atoms in total. The van der Waals surface area contributed by atoms with Crippen molar-refractivity contribution in [2.24, 2.45) is 11.8 Å². The Bertz CT molecular complexity index is 997. The summed E-state index contributed by atoms with van der Waals surface area (Å²) in [4.78, 5) is 39.5. The number of dihydropyridines is 1. The molecule has 3 unspecified atom stereocenters. The molecule has 1 N–H and O–H groups in total. The molecule has 34 heavy (non-hydrogen) atoms. The lowest BCUT2D eigenvalue weighted by Crippen LogP contribution is -2.43. The molecule has 1 aromatic rings. The molecule has 0 aromatic heterocycles. The van der Waals surface area contributed by atoms with Crippen LogP contribution in [0, 0.1) is 11.8 Å². The molecule has 3 atom stereocenters. The summed E-state index contributed by atoms with van der Waals surface area (Å²) in [7, 11) is 1.29. The van der Waals surface area contributed by atoms with Crippen LogP contribution < -0.4 is 10.1 Å². The fourth-order valence-electron chi connectivity index (χ4n) is 4.62. The van der Waals surface area contributed by atoms with E-state index in [1.807, 2.05) is 52.0 Å². The van der Waals surface area contributed by atoms with Gasteiger partial charge in [-0.3, -0.25) is 9.59 Å². The Morgan fingerprint density at radius 2 is 1.88 bits per heavy atom. The second-order valence-electron chi connectivity index (χ2n) is 8.37. The minimum atomic E-state index is -0.910. The SMILES string of the molecule is CCOc1ccc(C2C(C(=O)OCCSCC)=C(C)NC3=C2C(=O)C(C(=O)OC)C(C)C3)cc1. The molecule has 2 aliphatic rings. The first-order valence-electron chi connectivity index (χ1n) is 11.6. The van der Waals surface area contributed by atoms with Crippen molar-refractivity contribution in [2.75, 3.05) is 31.8 Å². The van der Waals surface area contributed by atoms with E-state index in [1.165, 1.54) is 7.11 Å². The van der Waals surface area contributed by atoms with E-state index in [2.05, 4.69) is 5.32 Å². The van der Waals surface area contributed by atoms with Gasteiger partial charge < -0.3 is 19.5 Å². The number of ketones is 1. The van der Waals surface area contributed by atoms with Gasteiger partial charge in [0, 0.05) is 28.6 Å². The van der Waals surface area contributed by atoms with Gasteiger partial charge in [0.2, 0.25) is 0 Å². The van der Waals surface area contributed by atoms with E-state index >= 15 is 0 Å². The fraction of sp³-hybridized carbons (Fsp3) is 0.500. The van der Waals surface area contributed by atoms with Gasteiger partial charge in [-0.2, -0.15) is 11.8 Å². The topological polar surface area (TPSA) is 90.9 Å². The van der Waals surface area contributed by atoms with Gasteiger partial charge in [-0.05, 0) is 49.6 Å². The van der Waals surface area contributed by atoms with E-state index in [0.717, 1.165) is 17.0 Å². The fourth-order valence-corrected chi connectivity index (χ4v) is 5.11. The van der Waals surface area contributed by atoms with Crippen LogP contribution in [0.5, 0.6) is 5.75 Å². The predicted molar refractivity (Wildman–Crippen MR) is 131 cm³/mol. The molecule has 8 heteroatoms. The molecule has 184 valence electrons. The number of hydrogen-bond donors (Lipinski definition) is 1. The van der Waals surface area contributed by atoms with Crippen LogP contribution in [0.3, 0.4) is 0 Å². The van der Waals surface area contributed by atoms with Crippen LogP contribution in [-0.2, 0) is 23.9 Å². The number of benzene rings is 1. The number of carbonyl (C=O) groups excluding carboxylic acids is 3. The summed E-state index contributed by atoms with van der Waals surface area (Å²) >= 11 is 1.69. The molecule has 0 spiro atoms. The van der Waals surface area contributed by atoms with Gasteiger partial charge in [0.05, 0.1) is 19.3 Å². The number of ether oxygens (including phenoxy) is 3. The van der Waals surface area contributed by atoms with E-state index < -0.39 is 23.8 Å². The molecule has 1 heterocycles. The Kier molecular flexibility index (Phi) is 8.83. The summed E-state index contributed by atoms with van der Waals surface area (Å²) in [5.41, 5.74) is 2.97. The molecule has 0 saturated carbocycles. The van der Waals surface area contributed by atoms with Gasteiger partial charge in [-0.15, -0.1) is 0 Å². The summed E-state index contributed by atoms with van der Waals surface area (Å²) in [5, 5.41) is 3.28. The molecule has 1 aliphatic carbocycles. The lowest BCUT2D eigenvalue weighted by Gasteiger charge is -2.38. The average molecular weight is 488 g/mol. The monoisotopic (exact) mass is 487 g/mol. The molecular weight excluding hydrogens is 454 g/mol. The highest BCUT2D eigenvalue weighted by atomic mass is 32.2. The number of methoxy groups -OCH3 is 1. The summed E-state index contributed by atoms with van der Waals surface area (Å²) in [6.45, 7) is 8.46. The summed E-state index contributed by atoms with van der Waals surface area (Å²) in [5.74, 6) is -0.775. The van der Waals surface area contributed by atoms with E-state index in [9.17, 15) is 14.4 Å². The number of rotatable bonds is 9. The molecule has 0 amide bonds. The third-order valence-electron chi connectivity index (χ3n) is 6.15. The Labute approximate surface area is 205 Å². The Hall–Kier alpha value is -2.74. The lowest BCUT2D eigenvalue weighted by molar-refractivity contribution is -0.151. The molecule has 0 radical (unpaired) electrons. The lowest BCUT2D eigenvalue weighted by atomic mass is 9.69. The predicted octanol–water partition coefficient (Wildman–Crippen LogP) is 3.99. The third kappa shape index (κ3) is 5.32. The molecule has 0 fully saturated rings. The number of Topliss-reactive ketones (excluding diaryl/α,β-unsaturated/α-hetero) is 1. The van der Waals surface area contributed by atoms with Crippen molar-refractivity contribution in [2.45, 2.75) is 40.0 Å². The highest BCUT2D eigenvalue weighted by molar-refractivity contribution is 7.99. The second kappa shape index (κ2) is 11.6. The zero-order valence-corrected chi connectivity index (χ0v) is 21.3. The largest absolute Gasteiger partial charge is 0.494 e. The maximum absolute atomic E-state index is 13.7. The van der Waals surface area contributed by atoms with E-state index in [4.69, 9.17) is 14.2 Å². The minimum absolute atomic E-state index is 0.223. The van der Waals surface area contributed by atoms with Crippen LogP contribution in [-0.4, -0.2) is 49.6 Å². The first kappa shape index (κ1) is 25.9. The maximum atomic E-state index is 13.7. The van der Waals surface area contributed by atoms with E-state index in [1.54, 1.807) is 11.8 Å². The van der Waals surface area contributed by atoms with Gasteiger partial charge in [0.25, 0.3) is 0 Å². The van der Waals surface area contributed by atoms with Crippen LogP contribution >= 0.6 is 11.8 Å². The van der Waals surface area contributed by atoms with Crippen LogP contribution in [0.1, 0.15) is 45.6 Å². The van der Waals surface area contributed by atoms with Crippen LogP contribution in [0.4, 0.5) is 0 Å². The Morgan fingerprint density at radius 3 is 2.50 bits per heavy atom. The van der Waals surface area contributed by atoms with Gasteiger partial charge >= 0.3 is 11.9 Å². The van der Waals surface area contributed by atoms with Crippen molar-refractivity contribution in [3.8, 4) is 5.75 Å². The maximum Gasteiger partial charge on any atom is 0.336 e. The number of allylic oxidation sites excluding steroid dienone is 3. The molecule has 0 bridgehead atoms. The van der Waals surface area contributed by atoms with Crippen molar-refractivity contribution in [3.63, 3.8) is 0 Å². The highest BCUT2D eigenvalue weighted by Gasteiger charge is 2.47.